The van der Waals surface area contributed by atoms with E-state index in [-0.39, 0.29) is 0 Å². The number of benzene rings is 13. The fourth-order valence-electron chi connectivity index (χ4n) is 15.7. The van der Waals surface area contributed by atoms with Crippen LogP contribution in [0.1, 0.15) is 55.6 Å². The normalized spacial score (nSPS) is 14.0. The molecule has 18 rings (SSSR count). The van der Waals surface area contributed by atoms with Gasteiger partial charge in [-0.2, -0.15) is 0 Å². The lowest BCUT2D eigenvalue weighted by atomic mass is 9.67. The van der Waals surface area contributed by atoms with E-state index in [0.29, 0.717) is 0 Å². The molecule has 0 amide bonds. The van der Waals surface area contributed by atoms with Gasteiger partial charge in [0, 0.05) is 16.5 Å². The predicted molar refractivity (Wildman–Crippen MR) is 339 cm³/mol. The summed E-state index contributed by atoms with van der Waals surface area (Å²) in [5.74, 6) is 0. The molecule has 1 heterocycles. The van der Waals surface area contributed by atoms with Gasteiger partial charge in [-0.25, -0.2) is 0 Å². The highest BCUT2D eigenvalue weighted by atomic mass is 15.0. The lowest BCUT2D eigenvalue weighted by Crippen LogP contribution is -2.28. The van der Waals surface area contributed by atoms with Gasteiger partial charge in [0.1, 0.15) is 0 Å². The second kappa shape index (κ2) is 17.1. The first-order valence-electron chi connectivity index (χ1n) is 28.8. The number of nitrogens with zero attached hydrogens (tertiary/aromatic N) is 1. The Morgan fingerprint density at radius 1 is 0.232 bits per heavy atom. The van der Waals surface area contributed by atoms with Crippen molar-refractivity contribution < 1.29 is 0 Å². The van der Waals surface area contributed by atoms with Crippen LogP contribution in [0.25, 0.3) is 105 Å². The minimum Gasteiger partial charge on any atom is -0.309 e. The summed E-state index contributed by atoms with van der Waals surface area (Å²) in [5, 5.41) is 2.45. The van der Waals surface area contributed by atoms with Crippen LogP contribution < -0.4 is 0 Å². The second-order valence-corrected chi connectivity index (χ2v) is 23.0. The van der Waals surface area contributed by atoms with E-state index in [1.807, 2.05) is 0 Å². The molecule has 0 saturated heterocycles. The molecule has 0 unspecified atom stereocenters. The van der Waals surface area contributed by atoms with Crippen molar-refractivity contribution in [3.63, 3.8) is 0 Å². The van der Waals surface area contributed by atoms with Gasteiger partial charge in [0.2, 0.25) is 0 Å². The van der Waals surface area contributed by atoms with Gasteiger partial charge in [-0.1, -0.05) is 243 Å². The summed E-state index contributed by atoms with van der Waals surface area (Å²) >= 11 is 0. The Balaban J connectivity index is 0.826. The Labute approximate surface area is 477 Å². The molecule has 13 aromatic carbocycles. The van der Waals surface area contributed by atoms with Crippen molar-refractivity contribution in [2.75, 3.05) is 0 Å². The summed E-state index contributed by atoms with van der Waals surface area (Å²) in [4.78, 5) is 0. The third kappa shape index (κ3) is 6.12. The molecule has 0 fully saturated rings. The quantitative estimate of drug-likeness (QED) is 0.156. The van der Waals surface area contributed by atoms with E-state index in [1.165, 1.54) is 155 Å². The van der Waals surface area contributed by atoms with Gasteiger partial charge in [-0.3, -0.25) is 0 Å². The van der Waals surface area contributed by atoms with Crippen LogP contribution in [0.4, 0.5) is 0 Å². The van der Waals surface area contributed by atoms with E-state index in [0.717, 1.165) is 12.1 Å². The zero-order valence-electron chi connectivity index (χ0n) is 44.9. The molecule has 0 atom stereocenters. The minimum absolute atomic E-state index is 0.420. The highest BCUT2D eigenvalue weighted by Gasteiger charge is 2.52. The highest BCUT2D eigenvalue weighted by molar-refractivity contribution is 6.12. The van der Waals surface area contributed by atoms with Crippen molar-refractivity contribution >= 4 is 21.8 Å². The van der Waals surface area contributed by atoms with Crippen molar-refractivity contribution in [2.45, 2.75) is 17.3 Å². The summed E-state index contributed by atoms with van der Waals surface area (Å²) in [7, 11) is 0. The molecule has 1 aromatic heterocycles. The minimum atomic E-state index is -0.492. The van der Waals surface area contributed by atoms with Crippen LogP contribution in [0.5, 0.6) is 0 Å². The Bertz CT molecular complexity index is 4730. The smallest absolute Gasteiger partial charge is 0.0725 e. The van der Waals surface area contributed by atoms with E-state index >= 15 is 0 Å². The molecule has 4 aliphatic rings. The number of fused-ring (bicyclic) bond motifs is 19. The van der Waals surface area contributed by atoms with Crippen molar-refractivity contribution in [3.8, 4) is 83.6 Å². The molecule has 0 bridgehead atoms. The molecule has 1 heteroatoms. The molecule has 380 valence electrons. The molecular formula is C81H51N. The van der Waals surface area contributed by atoms with Gasteiger partial charge in [0.15, 0.2) is 0 Å². The zero-order valence-corrected chi connectivity index (χ0v) is 44.9. The largest absolute Gasteiger partial charge is 0.309 e. The fraction of sp³-hybridized carbons (Fsp3) is 0.0370. The zero-order chi connectivity index (χ0) is 53.7. The number of rotatable bonds is 6. The van der Waals surface area contributed by atoms with Crippen molar-refractivity contribution in [1.82, 2.24) is 4.57 Å². The highest BCUT2D eigenvalue weighted by Crippen LogP contribution is 2.63. The first kappa shape index (κ1) is 45.5. The predicted octanol–water partition coefficient (Wildman–Crippen LogP) is 20.1. The van der Waals surface area contributed by atoms with E-state index in [9.17, 15) is 0 Å². The van der Waals surface area contributed by atoms with Crippen molar-refractivity contribution in [3.05, 3.63) is 353 Å². The monoisotopic (exact) mass is 1040 g/mol. The molecule has 82 heavy (non-hydrogen) atoms. The Hall–Kier alpha value is -10.3. The van der Waals surface area contributed by atoms with Crippen LogP contribution in [0.3, 0.4) is 0 Å². The molecule has 0 aliphatic heterocycles. The van der Waals surface area contributed by atoms with Gasteiger partial charge in [-0.15, -0.1) is 0 Å². The molecule has 0 radical (unpaired) electrons. The molecule has 0 N–H and O–H groups in total. The topological polar surface area (TPSA) is 4.93 Å². The maximum absolute atomic E-state index is 2.52. The number of hydrogen-bond donors (Lipinski definition) is 0. The molecule has 4 aliphatic carbocycles. The first-order valence-corrected chi connectivity index (χ1v) is 28.8. The first-order chi connectivity index (χ1) is 40.6. The summed E-state index contributed by atoms with van der Waals surface area (Å²) in [6, 6.07) is 113. The maximum Gasteiger partial charge on any atom is 0.0725 e. The van der Waals surface area contributed by atoms with E-state index in [4.69, 9.17) is 0 Å². The summed E-state index contributed by atoms with van der Waals surface area (Å²) in [6.45, 7) is 0. The summed E-state index contributed by atoms with van der Waals surface area (Å²) in [5.41, 5.74) is 33.8. The summed E-state index contributed by atoms with van der Waals surface area (Å²) in [6.07, 6.45) is 0.995. The molecule has 0 saturated carbocycles. The van der Waals surface area contributed by atoms with Crippen LogP contribution in [-0.4, -0.2) is 4.57 Å². The average molecular weight is 1040 g/mol. The van der Waals surface area contributed by atoms with Gasteiger partial charge in [0.25, 0.3) is 0 Å². The second-order valence-electron chi connectivity index (χ2n) is 23.0. The van der Waals surface area contributed by atoms with E-state index in [1.54, 1.807) is 0 Å². The Kier molecular flexibility index (Phi) is 9.48. The van der Waals surface area contributed by atoms with Crippen molar-refractivity contribution in [1.29, 1.82) is 0 Å². The molecular weight excluding hydrogens is 987 g/mol. The molecule has 1 spiro atoms. The van der Waals surface area contributed by atoms with Crippen LogP contribution in [0, 0.1) is 0 Å². The lowest BCUT2D eigenvalue weighted by Gasteiger charge is -2.34. The van der Waals surface area contributed by atoms with Gasteiger partial charge in [-0.05, 0) is 195 Å². The van der Waals surface area contributed by atoms with Gasteiger partial charge < -0.3 is 4.57 Å². The van der Waals surface area contributed by atoms with Crippen LogP contribution in [0.2, 0.25) is 0 Å². The SMILES string of the molecule is c1ccc(C2(c3ccccc3)c3ccccc3-c3ccc(-c4ccc5c(c4)c4cc(-c6ccc7c(c6)C6(c8ccccc8-c8ccccc86)c6ccccc6-7)ccc4n5-c4ccc(-c5ccc6c(c5)-c5ccccc5C6)cc4)cc32)cc1. The Morgan fingerprint density at radius 2 is 0.598 bits per heavy atom. The molecule has 1 nitrogen and oxygen atoms in total. The average Bonchev–Trinajstić information content (AvgIpc) is 1.84. The van der Waals surface area contributed by atoms with E-state index in [2.05, 4.69) is 302 Å². The standard InChI is InChI=1S/C81H51N/c1-3-18-59(19-4-1)80(60-20-5-2-6-21-60)72-27-13-9-25-65(72)67-41-35-55(49-76(67)80)53-37-43-78-70(47-53)71-48-54(38-44-79(71)82(78)61-39-33-51(34-40-61)52-31-32-58-45-57-17-7-8-22-62(57)69(58)46-52)56-36-42-68-66-26-12-16-30-75(66)81(77(68)50-56)73-28-14-10-23-63(73)64-24-11-15-29-74(64)81/h1-44,46-50H,45H2. The van der Waals surface area contributed by atoms with Crippen LogP contribution in [0.15, 0.2) is 297 Å². The maximum atomic E-state index is 2.52. The van der Waals surface area contributed by atoms with Crippen molar-refractivity contribution in [2.24, 2.45) is 0 Å². The van der Waals surface area contributed by atoms with Gasteiger partial charge >= 0.3 is 0 Å². The van der Waals surface area contributed by atoms with Crippen LogP contribution >= 0.6 is 0 Å². The Morgan fingerprint density at radius 3 is 1.12 bits per heavy atom. The third-order valence-electron chi connectivity index (χ3n) is 19.1. The van der Waals surface area contributed by atoms with E-state index < -0.39 is 10.8 Å². The number of hydrogen-bond acceptors (Lipinski definition) is 0. The molecule has 14 aromatic rings. The lowest BCUT2D eigenvalue weighted by molar-refractivity contribution is 0.769. The number of aromatic nitrogens is 1. The fourth-order valence-corrected chi connectivity index (χ4v) is 15.7. The van der Waals surface area contributed by atoms with Crippen LogP contribution in [-0.2, 0) is 17.3 Å². The summed E-state index contributed by atoms with van der Waals surface area (Å²) < 4.78 is 2.48. The van der Waals surface area contributed by atoms with Gasteiger partial charge in [0.05, 0.1) is 21.9 Å². The third-order valence-corrected chi connectivity index (χ3v) is 19.1.